The lowest BCUT2D eigenvalue weighted by atomic mass is 10.6. The van der Waals surface area contributed by atoms with Gasteiger partial charge in [-0.15, -0.1) is 9.98 Å². The Labute approximate surface area is 197 Å². The van der Waals surface area contributed by atoms with Gasteiger partial charge >= 0.3 is 12.1 Å². The van der Waals surface area contributed by atoms with E-state index in [4.69, 9.17) is 0 Å². The number of hydroxylamine groups is 2. The molecule has 0 aromatic heterocycles. The fourth-order valence-corrected chi connectivity index (χ4v) is 0.310. The highest BCUT2D eigenvalue weighted by Gasteiger charge is 1.88. The third kappa shape index (κ3) is 123. The van der Waals surface area contributed by atoms with Crippen LogP contribution >= 0.6 is 0 Å². The number of urea groups is 1. The van der Waals surface area contributed by atoms with Gasteiger partial charge in [-0.25, -0.2) is 22.7 Å². The Kier molecular flexibility index (Phi) is 49.2. The van der Waals surface area contributed by atoms with Crippen molar-refractivity contribution in [2.24, 2.45) is 0 Å². The van der Waals surface area contributed by atoms with Crippen molar-refractivity contribution >= 4 is 33.8 Å². The standard InChI is InChI=1S/C3H8N2O.C3H7NO2.C3H7NO.C3H6O.C2H8N2O2.C2H7NO2S/c1-4-3(6)5-2;1-4-3(5)6-2;1-3(5)4-2;1-3(2)4;1-3-5-6-4-2;1-3-6(2,4)5/h1-2H3,(H2,4,5,6);1-2H3,(H,4,5);1-2H3,(H,4,5);1-2H3;3-4H,1-2H3;3H,1-2H3. The molecule has 0 unspecified atom stereocenters. The highest BCUT2D eigenvalue weighted by atomic mass is 32.2. The number of carbonyl (C=O) groups excluding carboxylic acids is 4. The first kappa shape index (κ1) is 44.2. The average Bonchev–Trinajstić information content (AvgIpc) is 2.77. The largest absolute Gasteiger partial charge is 0.453 e. The summed E-state index contributed by atoms with van der Waals surface area (Å²) in [6.07, 6.45) is 0.697. The number of rotatable bonds is 4. The van der Waals surface area contributed by atoms with Gasteiger partial charge in [-0.05, 0) is 20.9 Å². The number of carbonyl (C=O) groups is 4. The Morgan fingerprint density at radius 2 is 0.939 bits per heavy atom. The molecule has 0 saturated heterocycles. The van der Waals surface area contributed by atoms with Crippen molar-refractivity contribution in [1.29, 1.82) is 0 Å². The Bertz CT molecular complexity index is 527. The van der Waals surface area contributed by atoms with E-state index in [-0.39, 0.29) is 17.7 Å². The molecule has 0 heterocycles. The summed E-state index contributed by atoms with van der Waals surface area (Å²) in [5.41, 5.74) is 4.57. The van der Waals surface area contributed by atoms with Crippen molar-refractivity contribution in [2.75, 3.05) is 62.7 Å². The summed E-state index contributed by atoms with van der Waals surface area (Å²) in [6.45, 7) is 4.53. The molecule has 0 aliphatic rings. The van der Waals surface area contributed by atoms with E-state index in [0.29, 0.717) is 0 Å². The minimum atomic E-state index is -2.91. The number of ether oxygens (including phenoxy) is 1. The van der Waals surface area contributed by atoms with Crippen LogP contribution in [0.3, 0.4) is 0 Å². The van der Waals surface area contributed by atoms with Crippen LogP contribution in [0.15, 0.2) is 0 Å². The van der Waals surface area contributed by atoms with Gasteiger partial charge in [0.25, 0.3) is 0 Å². The van der Waals surface area contributed by atoms with Gasteiger partial charge in [-0.3, -0.25) is 4.79 Å². The summed E-state index contributed by atoms with van der Waals surface area (Å²) in [6, 6.07) is -0.157. The van der Waals surface area contributed by atoms with Crippen LogP contribution < -0.4 is 36.9 Å². The van der Waals surface area contributed by atoms with Crippen LogP contribution in [0, 0.1) is 0 Å². The second-order valence-electron chi connectivity index (χ2n) is 4.84. The summed E-state index contributed by atoms with van der Waals surface area (Å²) >= 11 is 0. The number of amides is 4. The molecule has 0 saturated carbocycles. The van der Waals surface area contributed by atoms with Gasteiger partial charge in [0.1, 0.15) is 5.78 Å². The van der Waals surface area contributed by atoms with Crippen LogP contribution in [0.25, 0.3) is 0 Å². The average molecular weight is 510 g/mol. The molecule has 7 N–H and O–H groups in total. The molecular weight excluding hydrogens is 466 g/mol. The highest BCUT2D eigenvalue weighted by molar-refractivity contribution is 7.88. The van der Waals surface area contributed by atoms with Crippen LogP contribution in [-0.4, -0.2) is 94.9 Å². The van der Waals surface area contributed by atoms with Crippen molar-refractivity contribution in [3.63, 3.8) is 0 Å². The minimum absolute atomic E-state index is 0.00463. The predicted octanol–water partition coefficient (Wildman–Crippen LogP) is -1.77. The van der Waals surface area contributed by atoms with E-state index in [1.54, 1.807) is 35.2 Å². The first-order valence-electron chi connectivity index (χ1n) is 8.95. The van der Waals surface area contributed by atoms with Gasteiger partial charge in [0, 0.05) is 49.2 Å². The first-order valence-corrected chi connectivity index (χ1v) is 10.8. The Morgan fingerprint density at radius 3 is 0.970 bits per heavy atom. The quantitative estimate of drug-likeness (QED) is 0.128. The minimum Gasteiger partial charge on any atom is -0.453 e. The molecule has 0 aromatic rings. The summed E-state index contributed by atoms with van der Waals surface area (Å²) < 4.78 is 26.0. The zero-order valence-corrected chi connectivity index (χ0v) is 22.4. The molecule has 0 aliphatic heterocycles. The summed E-state index contributed by atoms with van der Waals surface area (Å²) in [7, 11) is 9.21. The SMILES string of the molecule is CC(C)=O.CNC(=O)NC.CNC(=O)OC.CNC(C)=O.CNOONC.CNS(C)(=O)=O. The molecule has 4 amide bonds. The van der Waals surface area contributed by atoms with Crippen molar-refractivity contribution < 1.29 is 42.3 Å². The number of nitrogens with one attached hydrogen (secondary N) is 7. The number of methoxy groups -OCH3 is 1. The maximum Gasteiger partial charge on any atom is 0.406 e. The molecule has 17 heteroatoms. The summed E-state index contributed by atoms with van der Waals surface area (Å²) in [5, 5.41) is 9.37. The Morgan fingerprint density at radius 1 is 0.667 bits per heavy atom. The molecule has 0 fully saturated rings. The van der Waals surface area contributed by atoms with Crippen molar-refractivity contribution in [1.82, 2.24) is 36.9 Å². The van der Waals surface area contributed by atoms with Gasteiger partial charge in [0.05, 0.1) is 13.4 Å². The molecule has 0 rings (SSSR count). The van der Waals surface area contributed by atoms with Gasteiger partial charge in [-0.2, -0.15) is 11.0 Å². The van der Waals surface area contributed by atoms with Crippen molar-refractivity contribution in [2.45, 2.75) is 20.8 Å². The van der Waals surface area contributed by atoms with Gasteiger partial charge in [0.2, 0.25) is 15.9 Å². The van der Waals surface area contributed by atoms with Gasteiger partial charge in [0.15, 0.2) is 0 Å². The van der Waals surface area contributed by atoms with Gasteiger partial charge in [-0.1, -0.05) is 0 Å². The maximum atomic E-state index is 9.96. The number of sulfonamides is 1. The lowest BCUT2D eigenvalue weighted by molar-refractivity contribution is -0.365. The molecule has 0 bridgehead atoms. The second kappa shape index (κ2) is 36.8. The topological polar surface area (TPSA) is 214 Å². The van der Waals surface area contributed by atoms with E-state index in [1.165, 1.54) is 42.0 Å². The van der Waals surface area contributed by atoms with Crippen LogP contribution in [0.2, 0.25) is 0 Å². The van der Waals surface area contributed by atoms with E-state index in [0.717, 1.165) is 6.26 Å². The van der Waals surface area contributed by atoms with Crippen LogP contribution in [0.1, 0.15) is 20.8 Å². The monoisotopic (exact) mass is 509 g/mol. The number of hydrogen-bond donors (Lipinski definition) is 7. The zero-order valence-electron chi connectivity index (χ0n) is 21.6. The smallest absolute Gasteiger partial charge is 0.406 e. The molecule has 33 heavy (non-hydrogen) atoms. The lowest BCUT2D eigenvalue weighted by Crippen LogP contribution is -2.28. The Hall–Kier alpha value is -2.57. The second-order valence-corrected chi connectivity index (χ2v) is 6.79. The molecule has 0 atom stereocenters. The van der Waals surface area contributed by atoms with Gasteiger partial charge < -0.3 is 30.8 Å². The van der Waals surface area contributed by atoms with E-state index in [1.807, 2.05) is 0 Å². The normalized spacial score (nSPS) is 8.12. The van der Waals surface area contributed by atoms with E-state index in [9.17, 15) is 27.6 Å². The first-order chi connectivity index (χ1) is 15.1. The fourth-order valence-electron chi connectivity index (χ4n) is 0.310. The number of Topliss-reactive ketones (excluding diaryl/α,β-unsaturated/α-hetero) is 1. The number of hydrogen-bond acceptors (Lipinski definition) is 11. The number of alkyl carbamates (subject to hydrolysis) is 1. The van der Waals surface area contributed by atoms with Crippen LogP contribution in [0.5, 0.6) is 0 Å². The molecule has 16 nitrogen and oxygen atoms in total. The molecule has 0 spiro atoms. The third-order valence-electron chi connectivity index (χ3n) is 1.77. The molecular formula is C16H43N7O9S. The van der Waals surface area contributed by atoms with Crippen molar-refractivity contribution in [3.05, 3.63) is 0 Å². The van der Waals surface area contributed by atoms with Crippen LogP contribution in [0.4, 0.5) is 9.59 Å². The zero-order chi connectivity index (χ0) is 27.9. The molecule has 0 radical (unpaired) electrons. The summed E-state index contributed by atoms with van der Waals surface area (Å²) in [4.78, 5) is 47.2. The third-order valence-corrected chi connectivity index (χ3v) is 2.52. The molecule has 0 aliphatic carbocycles. The van der Waals surface area contributed by atoms with E-state index >= 15 is 0 Å². The number of ketones is 1. The summed E-state index contributed by atoms with van der Waals surface area (Å²) in [5.74, 6) is 0.171. The van der Waals surface area contributed by atoms with Crippen molar-refractivity contribution in [3.8, 4) is 0 Å². The molecule has 0 aromatic carbocycles. The maximum absolute atomic E-state index is 9.96. The fraction of sp³-hybridized carbons (Fsp3) is 0.750. The van der Waals surface area contributed by atoms with Crippen LogP contribution in [-0.2, 0) is 34.3 Å². The lowest BCUT2D eigenvalue weighted by Gasteiger charge is -1.93. The van der Waals surface area contributed by atoms with E-state index in [2.05, 4.69) is 51.7 Å². The highest BCUT2D eigenvalue weighted by Crippen LogP contribution is 1.63. The molecule has 202 valence electrons. The predicted molar refractivity (Wildman–Crippen MR) is 125 cm³/mol. The Balaban J connectivity index is -0.0000000666. The van der Waals surface area contributed by atoms with E-state index < -0.39 is 16.1 Å².